The lowest BCUT2D eigenvalue weighted by Gasteiger charge is -2.24. The van der Waals surface area contributed by atoms with Gasteiger partial charge in [0.1, 0.15) is 0 Å². The highest BCUT2D eigenvalue weighted by molar-refractivity contribution is 5.85. The van der Waals surface area contributed by atoms with Crippen molar-refractivity contribution < 1.29 is 9.59 Å². The number of hydrogen-bond acceptors (Lipinski definition) is 3. The number of amides is 2. The molecule has 0 aliphatic heterocycles. The van der Waals surface area contributed by atoms with Gasteiger partial charge in [-0.1, -0.05) is 43.7 Å². The van der Waals surface area contributed by atoms with Crippen LogP contribution in [0, 0.1) is 12.8 Å². The molecular weight excluding hydrogens is 338 g/mol. The number of nitrogens with one attached hydrogen (secondary N) is 1. The Morgan fingerprint density at radius 3 is 2.24 bits per heavy atom. The molecular formula is C19H32ClN3O2. The molecule has 0 radical (unpaired) electrons. The minimum absolute atomic E-state index is 0. The van der Waals surface area contributed by atoms with Gasteiger partial charge in [0.2, 0.25) is 11.8 Å². The minimum Gasteiger partial charge on any atom is -0.349 e. The van der Waals surface area contributed by atoms with Gasteiger partial charge in [-0.3, -0.25) is 9.59 Å². The minimum atomic E-state index is -0.308. The van der Waals surface area contributed by atoms with Gasteiger partial charge in [0.05, 0.1) is 12.5 Å². The second-order valence-electron chi connectivity index (χ2n) is 6.88. The summed E-state index contributed by atoms with van der Waals surface area (Å²) in [6.45, 7) is 8.26. The van der Waals surface area contributed by atoms with E-state index in [2.05, 4.69) is 19.2 Å². The van der Waals surface area contributed by atoms with E-state index in [1.807, 2.05) is 31.2 Å². The van der Waals surface area contributed by atoms with Crippen molar-refractivity contribution >= 4 is 24.2 Å². The van der Waals surface area contributed by atoms with E-state index in [1.54, 1.807) is 11.9 Å². The van der Waals surface area contributed by atoms with Crippen LogP contribution in [0.25, 0.3) is 0 Å². The van der Waals surface area contributed by atoms with Crippen LogP contribution in [0.15, 0.2) is 24.3 Å². The van der Waals surface area contributed by atoms with E-state index in [0.29, 0.717) is 12.5 Å². The fourth-order valence-corrected chi connectivity index (χ4v) is 2.43. The molecule has 1 aromatic rings. The summed E-state index contributed by atoms with van der Waals surface area (Å²) >= 11 is 0. The first-order chi connectivity index (χ1) is 11.2. The fourth-order valence-electron chi connectivity index (χ4n) is 2.43. The molecule has 5 nitrogen and oxygen atoms in total. The van der Waals surface area contributed by atoms with Crippen molar-refractivity contribution in [2.75, 3.05) is 13.6 Å². The first kappa shape index (κ1) is 23.4. The quantitative estimate of drug-likeness (QED) is 0.739. The Balaban J connectivity index is 0.00000576. The summed E-state index contributed by atoms with van der Waals surface area (Å²) in [7, 11) is 1.79. The van der Waals surface area contributed by atoms with Crippen molar-refractivity contribution in [3.05, 3.63) is 35.4 Å². The third-order valence-corrected chi connectivity index (χ3v) is 4.32. The predicted molar refractivity (Wildman–Crippen MR) is 105 cm³/mol. The molecule has 0 spiro atoms. The molecule has 0 aliphatic carbocycles. The standard InChI is InChI=1S/C19H31N3O2.ClH/c1-13(2)17(20)10-11-22(5)19(24)12-18(21-15(4)23)16-8-6-14(3)7-9-16;/h6-9,13,17-18H,10-12,20H2,1-5H3,(H,21,23);1H. The third kappa shape index (κ3) is 8.36. The number of rotatable bonds is 8. The number of halogens is 1. The lowest BCUT2D eigenvalue weighted by molar-refractivity contribution is -0.130. The Bertz CT molecular complexity index is 546. The van der Waals surface area contributed by atoms with Crippen LogP contribution in [0.2, 0.25) is 0 Å². The number of hydrogen-bond donors (Lipinski definition) is 2. The average Bonchev–Trinajstić information content (AvgIpc) is 2.51. The van der Waals surface area contributed by atoms with Gasteiger partial charge in [-0.05, 0) is 24.8 Å². The molecule has 2 atom stereocenters. The van der Waals surface area contributed by atoms with Crippen LogP contribution in [-0.2, 0) is 9.59 Å². The summed E-state index contributed by atoms with van der Waals surface area (Å²) in [6, 6.07) is 7.66. The zero-order valence-electron chi connectivity index (χ0n) is 15.9. The highest BCUT2D eigenvalue weighted by atomic mass is 35.5. The lowest BCUT2D eigenvalue weighted by Crippen LogP contribution is -2.37. The van der Waals surface area contributed by atoms with Crippen molar-refractivity contribution in [2.24, 2.45) is 11.7 Å². The molecule has 25 heavy (non-hydrogen) atoms. The molecule has 0 aliphatic rings. The molecule has 142 valence electrons. The maximum atomic E-state index is 12.5. The molecule has 0 fully saturated rings. The second-order valence-corrected chi connectivity index (χ2v) is 6.88. The predicted octanol–water partition coefficient (Wildman–Crippen LogP) is 2.82. The first-order valence-electron chi connectivity index (χ1n) is 8.54. The summed E-state index contributed by atoms with van der Waals surface area (Å²) in [4.78, 5) is 25.7. The smallest absolute Gasteiger partial charge is 0.224 e. The van der Waals surface area contributed by atoms with Crippen LogP contribution in [-0.4, -0.2) is 36.3 Å². The molecule has 0 aromatic heterocycles. The maximum absolute atomic E-state index is 12.5. The van der Waals surface area contributed by atoms with E-state index in [9.17, 15) is 9.59 Å². The van der Waals surface area contributed by atoms with E-state index >= 15 is 0 Å². The van der Waals surface area contributed by atoms with Crippen LogP contribution >= 0.6 is 12.4 Å². The third-order valence-electron chi connectivity index (χ3n) is 4.32. The first-order valence-corrected chi connectivity index (χ1v) is 8.54. The van der Waals surface area contributed by atoms with Crippen molar-refractivity contribution in [3.63, 3.8) is 0 Å². The van der Waals surface area contributed by atoms with Crippen molar-refractivity contribution in [1.82, 2.24) is 10.2 Å². The van der Waals surface area contributed by atoms with Gasteiger partial charge in [-0.25, -0.2) is 0 Å². The van der Waals surface area contributed by atoms with Gasteiger partial charge in [0, 0.05) is 26.6 Å². The Morgan fingerprint density at radius 2 is 1.76 bits per heavy atom. The van der Waals surface area contributed by atoms with Crippen molar-refractivity contribution in [2.45, 2.75) is 52.6 Å². The largest absolute Gasteiger partial charge is 0.349 e. The molecule has 1 aromatic carbocycles. The van der Waals surface area contributed by atoms with Gasteiger partial charge in [-0.2, -0.15) is 0 Å². The summed E-state index contributed by atoms with van der Waals surface area (Å²) in [5.41, 5.74) is 8.13. The zero-order valence-corrected chi connectivity index (χ0v) is 16.7. The topological polar surface area (TPSA) is 75.4 Å². The Kier molecular flexibility index (Phi) is 10.4. The zero-order chi connectivity index (χ0) is 18.3. The number of nitrogens with two attached hydrogens (primary N) is 1. The van der Waals surface area contributed by atoms with Crippen LogP contribution in [0.1, 0.15) is 50.8 Å². The number of aryl methyl sites for hydroxylation is 1. The monoisotopic (exact) mass is 369 g/mol. The Morgan fingerprint density at radius 1 is 1.20 bits per heavy atom. The molecule has 1 rings (SSSR count). The van der Waals surface area contributed by atoms with E-state index < -0.39 is 0 Å². The Labute approximate surface area is 157 Å². The van der Waals surface area contributed by atoms with Crippen molar-refractivity contribution in [3.8, 4) is 0 Å². The molecule has 2 amide bonds. The number of carbonyl (C=O) groups excluding carboxylic acids is 2. The summed E-state index contributed by atoms with van der Waals surface area (Å²) in [6.07, 6.45) is 1.02. The molecule has 0 heterocycles. The molecule has 0 bridgehead atoms. The molecule has 0 saturated heterocycles. The summed E-state index contributed by atoms with van der Waals surface area (Å²) in [5, 5.41) is 2.87. The van der Waals surface area contributed by atoms with Gasteiger partial charge in [-0.15, -0.1) is 12.4 Å². The fraction of sp³-hybridized carbons (Fsp3) is 0.579. The normalized spacial score (nSPS) is 12.9. The van der Waals surface area contributed by atoms with E-state index in [-0.39, 0.29) is 42.7 Å². The second kappa shape index (κ2) is 11.1. The van der Waals surface area contributed by atoms with Crippen LogP contribution in [0.5, 0.6) is 0 Å². The average molecular weight is 370 g/mol. The lowest BCUT2D eigenvalue weighted by atomic mass is 10.0. The number of carbonyl (C=O) groups is 2. The SMILES string of the molecule is CC(=O)NC(CC(=O)N(C)CCC(N)C(C)C)c1ccc(C)cc1.Cl. The molecule has 3 N–H and O–H groups in total. The molecule has 6 heteroatoms. The maximum Gasteiger partial charge on any atom is 0.224 e. The molecule has 0 saturated carbocycles. The van der Waals surface area contributed by atoms with Gasteiger partial charge < -0.3 is 16.0 Å². The van der Waals surface area contributed by atoms with E-state index in [0.717, 1.165) is 17.5 Å². The van der Waals surface area contributed by atoms with E-state index in [1.165, 1.54) is 6.92 Å². The summed E-state index contributed by atoms with van der Waals surface area (Å²) in [5.74, 6) is 0.260. The summed E-state index contributed by atoms with van der Waals surface area (Å²) < 4.78 is 0. The van der Waals surface area contributed by atoms with Crippen LogP contribution < -0.4 is 11.1 Å². The highest BCUT2D eigenvalue weighted by Crippen LogP contribution is 2.19. The van der Waals surface area contributed by atoms with Gasteiger partial charge in [0.15, 0.2) is 0 Å². The Hall–Kier alpha value is -1.59. The van der Waals surface area contributed by atoms with Crippen LogP contribution in [0.3, 0.4) is 0 Å². The van der Waals surface area contributed by atoms with Crippen LogP contribution in [0.4, 0.5) is 0 Å². The van der Waals surface area contributed by atoms with Crippen molar-refractivity contribution in [1.29, 1.82) is 0 Å². The van der Waals surface area contributed by atoms with Gasteiger partial charge >= 0.3 is 0 Å². The molecule has 2 unspecified atom stereocenters. The highest BCUT2D eigenvalue weighted by Gasteiger charge is 2.20. The number of benzene rings is 1. The van der Waals surface area contributed by atoms with E-state index in [4.69, 9.17) is 5.73 Å². The number of nitrogens with zero attached hydrogens (tertiary/aromatic N) is 1. The van der Waals surface area contributed by atoms with Gasteiger partial charge in [0.25, 0.3) is 0 Å².